The zero-order valence-electron chi connectivity index (χ0n) is 18.7. The van der Waals surface area contributed by atoms with Gasteiger partial charge in [-0.05, 0) is 65.6 Å². The minimum Gasteiger partial charge on any atom is -0.598 e. The van der Waals surface area contributed by atoms with E-state index in [0.29, 0.717) is 23.7 Å². The number of amides is 1. The second-order valence-electron chi connectivity index (χ2n) is 9.71. The highest BCUT2D eigenvalue weighted by Crippen LogP contribution is 2.40. The van der Waals surface area contributed by atoms with Gasteiger partial charge >= 0.3 is 0 Å². The predicted octanol–water partition coefficient (Wildman–Crippen LogP) is 3.98. The van der Waals surface area contributed by atoms with Crippen LogP contribution in [0.2, 0.25) is 10.0 Å². The van der Waals surface area contributed by atoms with Crippen molar-refractivity contribution in [1.82, 2.24) is 14.5 Å². The van der Waals surface area contributed by atoms with Gasteiger partial charge in [-0.25, -0.2) is 0 Å². The van der Waals surface area contributed by atoms with E-state index in [9.17, 15) is 14.5 Å². The maximum Gasteiger partial charge on any atom is 0.227 e. The van der Waals surface area contributed by atoms with Crippen molar-refractivity contribution in [2.45, 2.75) is 50.8 Å². The molecule has 0 spiro atoms. The van der Waals surface area contributed by atoms with E-state index >= 15 is 0 Å². The van der Waals surface area contributed by atoms with Crippen molar-refractivity contribution in [3.05, 3.63) is 27.7 Å². The largest absolute Gasteiger partial charge is 0.598 e. The maximum absolute atomic E-state index is 12.9. The zero-order valence-corrected chi connectivity index (χ0v) is 21.0. The van der Waals surface area contributed by atoms with Crippen molar-refractivity contribution >= 4 is 40.5 Å². The van der Waals surface area contributed by atoms with Gasteiger partial charge in [-0.15, -0.1) is 4.72 Å². The van der Waals surface area contributed by atoms with Gasteiger partial charge < -0.3 is 19.5 Å². The van der Waals surface area contributed by atoms with Crippen LogP contribution in [0.1, 0.15) is 51.6 Å². The van der Waals surface area contributed by atoms with Crippen molar-refractivity contribution in [3.8, 4) is 5.75 Å². The number of phenols is 1. The topological polar surface area (TPSA) is 78.9 Å². The monoisotopic (exact) mass is 489 g/mol. The number of aromatic hydroxyl groups is 1. The Morgan fingerprint density at radius 2 is 1.81 bits per heavy atom. The molecule has 9 heteroatoms. The van der Waals surface area contributed by atoms with Gasteiger partial charge in [0.1, 0.15) is 10.5 Å². The number of piperidine rings is 1. The van der Waals surface area contributed by atoms with E-state index in [1.165, 1.54) is 6.07 Å². The molecule has 0 aromatic heterocycles. The number of nitrogens with zero attached hydrogens (tertiary/aromatic N) is 2. The Balaban J connectivity index is 1.76. The van der Waals surface area contributed by atoms with Gasteiger partial charge in [0, 0.05) is 42.6 Å². The number of carbonyl (C=O) groups excluding carboxylic acids is 1. The second-order valence-corrected chi connectivity index (χ2v) is 12.5. The number of phenolic OH excluding ortho intramolecular Hbond substituents is 1. The number of nitrogens with one attached hydrogen (secondary N) is 1. The third-order valence-electron chi connectivity index (χ3n) is 6.26. The molecule has 174 valence electrons. The number of hydrogen-bond donors (Lipinski definition) is 2. The summed E-state index contributed by atoms with van der Waals surface area (Å²) in [5.74, 6) is 0.459. The van der Waals surface area contributed by atoms with E-state index in [2.05, 4.69) is 16.7 Å². The number of carbonyl (C=O) groups is 1. The van der Waals surface area contributed by atoms with Crippen molar-refractivity contribution in [2.75, 3.05) is 33.2 Å². The lowest BCUT2D eigenvalue weighted by molar-refractivity contribution is -0.136. The van der Waals surface area contributed by atoms with Gasteiger partial charge in [-0.3, -0.25) is 4.79 Å². The molecule has 6 nitrogen and oxygen atoms in total. The molecule has 3 atom stereocenters. The Bertz CT molecular complexity index is 797. The lowest BCUT2D eigenvalue weighted by Gasteiger charge is -2.38. The normalized spacial score (nSPS) is 23.2. The van der Waals surface area contributed by atoms with E-state index in [0.717, 1.165) is 32.4 Å². The van der Waals surface area contributed by atoms with E-state index < -0.39 is 16.1 Å². The first kappa shape index (κ1) is 24.9. The Labute approximate surface area is 198 Å². The zero-order chi connectivity index (χ0) is 22.9. The Morgan fingerprint density at radius 3 is 2.35 bits per heavy atom. The maximum atomic E-state index is 12.9. The lowest BCUT2D eigenvalue weighted by Crippen LogP contribution is -2.47. The standard InChI is InChI=1S/C22H33Cl2N3O3S/c1-22(2,3)31(30)25-20(16-11-17(23)18(24)12-19(16)28)14-6-9-27(10-7-14)21(29)15-5-8-26(4)13-15/h11-12,14-15,20,25,28H,5-10,13H2,1-4H3/t15?,20-,31+/m1/s1. The second kappa shape index (κ2) is 10.1. The van der Waals surface area contributed by atoms with Crippen LogP contribution < -0.4 is 4.72 Å². The molecular weight excluding hydrogens is 457 g/mol. The summed E-state index contributed by atoms with van der Waals surface area (Å²) in [5.41, 5.74) is 0.592. The SMILES string of the molecule is CN1CCC(C(=O)N2CCC([C@@H](N[S@@+]([O-])C(C)(C)C)c3cc(Cl)c(Cl)cc3O)CC2)C1. The fourth-order valence-corrected chi connectivity index (χ4v) is 5.59. The van der Waals surface area contributed by atoms with E-state index in [-0.39, 0.29) is 34.6 Å². The van der Waals surface area contributed by atoms with Crippen LogP contribution in [-0.4, -0.2) is 63.3 Å². The highest BCUT2D eigenvalue weighted by Gasteiger charge is 2.38. The summed E-state index contributed by atoms with van der Waals surface area (Å²) < 4.78 is 15.7. The first-order chi connectivity index (χ1) is 14.5. The van der Waals surface area contributed by atoms with Gasteiger partial charge in [0.15, 0.2) is 0 Å². The van der Waals surface area contributed by atoms with Gasteiger partial charge in [-0.2, -0.15) is 0 Å². The summed E-state index contributed by atoms with van der Waals surface area (Å²) in [6.07, 6.45) is 2.43. The minimum absolute atomic E-state index is 0.0327. The molecule has 0 radical (unpaired) electrons. The molecule has 31 heavy (non-hydrogen) atoms. The first-order valence-corrected chi connectivity index (χ1v) is 12.7. The molecule has 0 saturated carbocycles. The van der Waals surface area contributed by atoms with Crippen LogP contribution in [0.15, 0.2) is 12.1 Å². The van der Waals surface area contributed by atoms with Crippen LogP contribution in [0.4, 0.5) is 0 Å². The quantitative estimate of drug-likeness (QED) is 0.611. The Morgan fingerprint density at radius 1 is 1.19 bits per heavy atom. The van der Waals surface area contributed by atoms with Crippen molar-refractivity contribution in [3.63, 3.8) is 0 Å². The minimum atomic E-state index is -1.34. The van der Waals surface area contributed by atoms with Crippen LogP contribution in [0.25, 0.3) is 0 Å². The van der Waals surface area contributed by atoms with Crippen molar-refractivity contribution in [1.29, 1.82) is 0 Å². The predicted molar refractivity (Wildman–Crippen MR) is 127 cm³/mol. The molecule has 1 aromatic rings. The molecule has 0 aliphatic carbocycles. The molecule has 3 rings (SSSR count). The average Bonchev–Trinajstić information content (AvgIpc) is 3.14. The number of benzene rings is 1. The molecule has 1 unspecified atom stereocenters. The van der Waals surface area contributed by atoms with E-state index in [1.807, 2.05) is 25.7 Å². The Hall–Kier alpha value is -0.700. The average molecular weight is 490 g/mol. The molecule has 2 aliphatic heterocycles. The van der Waals surface area contributed by atoms with Crippen molar-refractivity contribution in [2.24, 2.45) is 11.8 Å². The number of hydrogen-bond acceptors (Lipinski definition) is 5. The number of halogens is 2. The first-order valence-electron chi connectivity index (χ1n) is 10.8. The van der Waals surface area contributed by atoms with Crippen LogP contribution in [0.5, 0.6) is 5.75 Å². The molecule has 2 saturated heterocycles. The van der Waals surface area contributed by atoms with E-state index in [1.54, 1.807) is 6.07 Å². The summed E-state index contributed by atoms with van der Waals surface area (Å²) in [5, 5.41) is 11.2. The lowest BCUT2D eigenvalue weighted by atomic mass is 9.85. The van der Waals surface area contributed by atoms with E-state index in [4.69, 9.17) is 23.2 Å². The van der Waals surface area contributed by atoms with Crippen LogP contribution in [-0.2, 0) is 16.2 Å². The molecule has 0 bridgehead atoms. The molecular formula is C22H33Cl2N3O3S. The highest BCUT2D eigenvalue weighted by molar-refractivity contribution is 7.90. The summed E-state index contributed by atoms with van der Waals surface area (Å²) in [6, 6.07) is 2.73. The third-order valence-corrected chi connectivity index (χ3v) is 8.56. The summed E-state index contributed by atoms with van der Waals surface area (Å²) in [4.78, 5) is 17.1. The van der Waals surface area contributed by atoms with Gasteiger partial charge in [0.05, 0.1) is 22.0 Å². The van der Waals surface area contributed by atoms with Crippen molar-refractivity contribution < 1.29 is 14.5 Å². The molecule has 2 fully saturated rings. The molecule has 2 heterocycles. The summed E-state index contributed by atoms with van der Waals surface area (Å²) >= 11 is 11.0. The number of rotatable bonds is 5. The molecule has 2 aliphatic rings. The Kier molecular flexibility index (Phi) is 8.09. The molecule has 1 aromatic carbocycles. The third kappa shape index (κ3) is 6.01. The summed E-state index contributed by atoms with van der Waals surface area (Å²) in [7, 11) is 2.05. The van der Waals surface area contributed by atoms with Crippen LogP contribution in [0.3, 0.4) is 0 Å². The van der Waals surface area contributed by atoms with Gasteiger partial charge in [0.25, 0.3) is 0 Å². The van der Waals surface area contributed by atoms with Gasteiger partial charge in [0.2, 0.25) is 5.91 Å². The highest BCUT2D eigenvalue weighted by atomic mass is 35.5. The van der Waals surface area contributed by atoms with Gasteiger partial charge in [-0.1, -0.05) is 23.2 Å². The molecule has 2 N–H and O–H groups in total. The summed E-state index contributed by atoms with van der Waals surface area (Å²) in [6.45, 7) is 8.82. The van der Waals surface area contributed by atoms with Crippen LogP contribution >= 0.6 is 23.2 Å². The number of likely N-dealkylation sites (tertiary alicyclic amines) is 2. The smallest absolute Gasteiger partial charge is 0.227 e. The fraction of sp³-hybridized carbons (Fsp3) is 0.682. The molecule has 1 amide bonds. The van der Waals surface area contributed by atoms with Crippen LogP contribution in [0, 0.1) is 11.8 Å². The fourth-order valence-electron chi connectivity index (χ4n) is 4.35.